The Morgan fingerprint density at radius 2 is 2.28 bits per heavy atom. The lowest BCUT2D eigenvalue weighted by Gasteiger charge is -2.18. The van der Waals surface area contributed by atoms with Crippen molar-refractivity contribution in [3.63, 3.8) is 0 Å². The maximum Gasteiger partial charge on any atom is 0.298 e. The lowest BCUT2D eigenvalue weighted by atomic mass is 10.1. The summed E-state index contributed by atoms with van der Waals surface area (Å²) in [7, 11) is 1.57. The summed E-state index contributed by atoms with van der Waals surface area (Å²) in [6, 6.07) is 8.69. The van der Waals surface area contributed by atoms with E-state index < -0.39 is 6.10 Å². The number of aliphatic hydroxyl groups excluding tert-OH is 1. The average molecular weight is 242 g/mol. The van der Waals surface area contributed by atoms with E-state index in [2.05, 4.69) is 11.8 Å². The van der Waals surface area contributed by atoms with Crippen molar-refractivity contribution in [2.45, 2.75) is 13.0 Å². The highest BCUT2D eigenvalue weighted by atomic mass is 16.3. The van der Waals surface area contributed by atoms with Gasteiger partial charge in [-0.15, -0.1) is 0 Å². The van der Waals surface area contributed by atoms with Gasteiger partial charge in [-0.1, -0.05) is 18.1 Å². The minimum absolute atomic E-state index is 0.141. The number of carbonyl (C=O) groups is 1. The first kappa shape index (κ1) is 13.8. The number of nitriles is 1. The molecule has 0 aliphatic heterocycles. The molecule has 92 valence electrons. The molecule has 4 heteroatoms. The van der Waals surface area contributed by atoms with Crippen LogP contribution in [-0.2, 0) is 4.79 Å². The highest BCUT2D eigenvalue weighted by Gasteiger charge is 2.14. The number of aliphatic hydroxyl groups is 1. The van der Waals surface area contributed by atoms with Gasteiger partial charge in [-0.05, 0) is 30.5 Å². The van der Waals surface area contributed by atoms with Crippen LogP contribution < -0.4 is 0 Å². The van der Waals surface area contributed by atoms with Gasteiger partial charge in [-0.25, -0.2) is 0 Å². The third kappa shape index (κ3) is 3.62. The van der Waals surface area contributed by atoms with Crippen LogP contribution in [0.15, 0.2) is 24.3 Å². The van der Waals surface area contributed by atoms with Crippen molar-refractivity contribution in [1.82, 2.24) is 4.90 Å². The molecule has 1 amide bonds. The molecule has 0 saturated carbocycles. The Hall–Kier alpha value is -2.30. The summed E-state index contributed by atoms with van der Waals surface area (Å²) in [6.07, 6.45) is -0.828. The summed E-state index contributed by atoms with van der Waals surface area (Å²) in [5.41, 5.74) is 1.09. The number of benzene rings is 1. The molecule has 0 radical (unpaired) electrons. The van der Waals surface area contributed by atoms with Crippen LogP contribution in [0.5, 0.6) is 0 Å². The fraction of sp³-hybridized carbons (Fsp3) is 0.286. The van der Waals surface area contributed by atoms with Gasteiger partial charge in [0.15, 0.2) is 0 Å². The van der Waals surface area contributed by atoms with E-state index in [0.717, 1.165) is 0 Å². The molecule has 0 aliphatic carbocycles. The van der Waals surface area contributed by atoms with Crippen LogP contribution in [0.2, 0.25) is 0 Å². The van der Waals surface area contributed by atoms with Gasteiger partial charge < -0.3 is 10.0 Å². The predicted octanol–water partition coefficient (Wildman–Crippen LogP) is 1.07. The summed E-state index contributed by atoms with van der Waals surface area (Å²) in [5.74, 6) is 4.57. The first-order valence-electron chi connectivity index (χ1n) is 5.44. The standard InChI is InChI=1S/C14H14N2O2/c1-3-5-14(18)16(2)10-13(17)12-7-4-6-11(8-12)9-15/h4,6-8,13,17H,10H2,1-2H3. The van der Waals surface area contributed by atoms with Crippen molar-refractivity contribution in [2.75, 3.05) is 13.6 Å². The SMILES string of the molecule is CC#CC(=O)N(C)CC(O)c1cccc(C#N)c1. The lowest BCUT2D eigenvalue weighted by Crippen LogP contribution is -2.29. The minimum Gasteiger partial charge on any atom is -0.387 e. The maximum absolute atomic E-state index is 11.4. The van der Waals surface area contributed by atoms with Crippen LogP contribution >= 0.6 is 0 Å². The molecule has 0 heterocycles. The Morgan fingerprint density at radius 3 is 2.89 bits per heavy atom. The van der Waals surface area contributed by atoms with Crippen molar-refractivity contribution in [3.8, 4) is 17.9 Å². The monoisotopic (exact) mass is 242 g/mol. The maximum atomic E-state index is 11.4. The summed E-state index contributed by atoms with van der Waals surface area (Å²) >= 11 is 0. The first-order chi connectivity index (χ1) is 8.58. The molecule has 4 nitrogen and oxygen atoms in total. The molecular formula is C14H14N2O2. The van der Waals surface area contributed by atoms with E-state index in [1.165, 1.54) is 4.90 Å². The number of nitrogens with zero attached hydrogens (tertiary/aromatic N) is 2. The van der Waals surface area contributed by atoms with E-state index in [9.17, 15) is 9.90 Å². The number of likely N-dealkylation sites (N-methyl/N-ethyl adjacent to an activating group) is 1. The summed E-state index contributed by atoms with van der Waals surface area (Å²) in [5, 5.41) is 18.7. The van der Waals surface area contributed by atoms with E-state index in [1.54, 1.807) is 38.2 Å². The molecule has 1 rings (SSSR count). The predicted molar refractivity (Wildman–Crippen MR) is 67.2 cm³/mol. The molecule has 1 atom stereocenters. The molecule has 1 aromatic rings. The van der Waals surface area contributed by atoms with Gasteiger partial charge in [0.2, 0.25) is 0 Å². The molecular weight excluding hydrogens is 228 g/mol. The summed E-state index contributed by atoms with van der Waals surface area (Å²) < 4.78 is 0. The van der Waals surface area contributed by atoms with E-state index in [0.29, 0.717) is 11.1 Å². The lowest BCUT2D eigenvalue weighted by molar-refractivity contribution is -0.125. The Bertz CT molecular complexity index is 535. The smallest absolute Gasteiger partial charge is 0.298 e. The fourth-order valence-electron chi connectivity index (χ4n) is 1.47. The highest BCUT2D eigenvalue weighted by molar-refractivity contribution is 5.93. The van der Waals surface area contributed by atoms with Gasteiger partial charge in [0, 0.05) is 7.05 Å². The van der Waals surface area contributed by atoms with Crippen LogP contribution in [-0.4, -0.2) is 29.5 Å². The third-order valence-electron chi connectivity index (χ3n) is 2.43. The quantitative estimate of drug-likeness (QED) is 0.806. The van der Waals surface area contributed by atoms with Crippen LogP contribution in [0.3, 0.4) is 0 Å². The normalized spacial score (nSPS) is 10.8. The van der Waals surface area contributed by atoms with Crippen molar-refractivity contribution < 1.29 is 9.90 Å². The molecule has 0 spiro atoms. The Balaban J connectivity index is 2.75. The molecule has 0 aliphatic rings. The zero-order chi connectivity index (χ0) is 13.5. The number of rotatable bonds is 3. The van der Waals surface area contributed by atoms with Crippen LogP contribution in [0.1, 0.15) is 24.2 Å². The number of hydrogen-bond donors (Lipinski definition) is 1. The molecule has 0 aromatic heterocycles. The van der Waals surface area contributed by atoms with E-state index in [-0.39, 0.29) is 12.5 Å². The molecule has 0 fully saturated rings. The average Bonchev–Trinajstić information content (AvgIpc) is 2.39. The van der Waals surface area contributed by atoms with Crippen LogP contribution in [0.25, 0.3) is 0 Å². The van der Waals surface area contributed by atoms with Crippen molar-refractivity contribution in [1.29, 1.82) is 5.26 Å². The molecule has 18 heavy (non-hydrogen) atoms. The van der Waals surface area contributed by atoms with Crippen molar-refractivity contribution in [3.05, 3.63) is 35.4 Å². The second kappa shape index (κ2) is 6.44. The third-order valence-corrected chi connectivity index (χ3v) is 2.43. The molecule has 0 saturated heterocycles. The minimum atomic E-state index is -0.828. The number of hydrogen-bond acceptors (Lipinski definition) is 3. The highest BCUT2D eigenvalue weighted by Crippen LogP contribution is 2.15. The van der Waals surface area contributed by atoms with E-state index in [1.807, 2.05) is 6.07 Å². The van der Waals surface area contributed by atoms with Gasteiger partial charge in [0.25, 0.3) is 5.91 Å². The summed E-state index contributed by atoms with van der Waals surface area (Å²) in [4.78, 5) is 12.8. The van der Waals surface area contributed by atoms with Gasteiger partial charge in [0.1, 0.15) is 0 Å². The second-order valence-electron chi connectivity index (χ2n) is 3.81. The first-order valence-corrected chi connectivity index (χ1v) is 5.44. The van der Waals surface area contributed by atoms with Gasteiger partial charge in [-0.3, -0.25) is 4.79 Å². The molecule has 1 unspecified atom stereocenters. The Morgan fingerprint density at radius 1 is 1.56 bits per heavy atom. The molecule has 0 bridgehead atoms. The number of amides is 1. The van der Waals surface area contributed by atoms with Crippen molar-refractivity contribution >= 4 is 5.91 Å². The van der Waals surface area contributed by atoms with E-state index in [4.69, 9.17) is 5.26 Å². The number of carbonyl (C=O) groups excluding carboxylic acids is 1. The molecule has 1 N–H and O–H groups in total. The van der Waals surface area contributed by atoms with Crippen molar-refractivity contribution in [2.24, 2.45) is 0 Å². The summed E-state index contributed by atoms with van der Waals surface area (Å²) in [6.45, 7) is 1.72. The second-order valence-corrected chi connectivity index (χ2v) is 3.81. The zero-order valence-electron chi connectivity index (χ0n) is 10.3. The Labute approximate surface area is 106 Å². The van der Waals surface area contributed by atoms with E-state index >= 15 is 0 Å². The molecule has 1 aromatic carbocycles. The van der Waals surface area contributed by atoms with Crippen LogP contribution in [0, 0.1) is 23.2 Å². The topological polar surface area (TPSA) is 64.3 Å². The van der Waals surface area contributed by atoms with Gasteiger partial charge >= 0.3 is 0 Å². The van der Waals surface area contributed by atoms with Gasteiger partial charge in [-0.2, -0.15) is 5.26 Å². The largest absolute Gasteiger partial charge is 0.387 e. The van der Waals surface area contributed by atoms with Crippen LogP contribution in [0.4, 0.5) is 0 Å². The fourth-order valence-corrected chi connectivity index (χ4v) is 1.47. The van der Waals surface area contributed by atoms with Gasteiger partial charge in [0.05, 0.1) is 24.3 Å². The Kier molecular flexibility index (Phi) is 4.92. The zero-order valence-corrected chi connectivity index (χ0v) is 10.3.